The molecule has 0 aliphatic rings. The number of furan rings is 1. The van der Waals surface area contributed by atoms with Crippen LogP contribution in [0.2, 0.25) is 0 Å². The number of hydrogen-bond acceptors (Lipinski definition) is 6. The van der Waals surface area contributed by atoms with E-state index in [1.165, 1.54) is 0 Å². The molecule has 5 N–H and O–H groups in total. The standard InChI is InChI=1S/C13H8BBrO6/c1-2-5(14)12-3(6(15)7(2)16)4-8(17)9(18)10(19)11(20)13(4)21-12/h16-20H,1H3. The molecule has 0 unspecified atom stereocenters. The van der Waals surface area contributed by atoms with Crippen LogP contribution < -0.4 is 5.46 Å². The van der Waals surface area contributed by atoms with Gasteiger partial charge in [0.2, 0.25) is 17.2 Å². The molecule has 0 saturated heterocycles. The number of phenolic OH excluding ortho intramolecular Hbond substituents is 5. The topological polar surface area (TPSA) is 114 Å². The highest BCUT2D eigenvalue weighted by Gasteiger charge is 2.27. The third-order valence-corrected chi connectivity index (χ3v) is 4.24. The molecule has 0 bridgehead atoms. The maximum absolute atomic E-state index is 10.0. The number of phenols is 5. The van der Waals surface area contributed by atoms with Gasteiger partial charge in [-0.15, -0.1) is 0 Å². The average molecular weight is 351 g/mol. The summed E-state index contributed by atoms with van der Waals surface area (Å²) < 4.78 is 5.58. The van der Waals surface area contributed by atoms with Crippen molar-refractivity contribution in [1.29, 1.82) is 0 Å². The minimum atomic E-state index is -0.908. The van der Waals surface area contributed by atoms with E-state index in [1.54, 1.807) is 6.92 Å². The van der Waals surface area contributed by atoms with Gasteiger partial charge in [0.25, 0.3) is 0 Å². The van der Waals surface area contributed by atoms with E-state index in [-0.39, 0.29) is 37.6 Å². The Bertz CT molecular complexity index is 856. The summed E-state index contributed by atoms with van der Waals surface area (Å²) in [4.78, 5) is 0. The first-order valence-corrected chi connectivity index (χ1v) is 6.55. The fraction of sp³-hybridized carbons (Fsp3) is 0.0769. The molecule has 6 nitrogen and oxygen atoms in total. The van der Waals surface area contributed by atoms with Crippen LogP contribution in [0.1, 0.15) is 5.56 Å². The highest BCUT2D eigenvalue weighted by atomic mass is 79.9. The molecule has 0 aliphatic carbocycles. The zero-order chi connectivity index (χ0) is 15.6. The van der Waals surface area contributed by atoms with Crippen LogP contribution in [0.4, 0.5) is 0 Å². The van der Waals surface area contributed by atoms with Crippen molar-refractivity contribution >= 4 is 51.2 Å². The molecule has 106 valence electrons. The Morgan fingerprint density at radius 1 is 0.810 bits per heavy atom. The Morgan fingerprint density at radius 3 is 2.00 bits per heavy atom. The monoisotopic (exact) mass is 350 g/mol. The molecule has 0 spiro atoms. The molecular formula is C13H8BBrO6. The van der Waals surface area contributed by atoms with Crippen LogP contribution in [-0.4, -0.2) is 33.4 Å². The van der Waals surface area contributed by atoms with Gasteiger partial charge in [0, 0.05) is 5.39 Å². The van der Waals surface area contributed by atoms with E-state index >= 15 is 0 Å². The van der Waals surface area contributed by atoms with Gasteiger partial charge in [-0.3, -0.25) is 0 Å². The fourth-order valence-electron chi connectivity index (χ4n) is 2.25. The molecule has 0 atom stereocenters. The van der Waals surface area contributed by atoms with Crippen LogP contribution in [0.15, 0.2) is 8.89 Å². The molecule has 8 heteroatoms. The zero-order valence-corrected chi connectivity index (χ0v) is 12.2. The zero-order valence-electron chi connectivity index (χ0n) is 10.6. The van der Waals surface area contributed by atoms with Gasteiger partial charge in [-0.1, -0.05) is 0 Å². The van der Waals surface area contributed by atoms with Gasteiger partial charge in [0.15, 0.2) is 11.3 Å². The van der Waals surface area contributed by atoms with Crippen molar-refractivity contribution in [3.8, 4) is 28.7 Å². The predicted molar refractivity (Wildman–Crippen MR) is 79.9 cm³/mol. The lowest BCUT2D eigenvalue weighted by molar-refractivity contribution is 0.348. The molecule has 2 aromatic carbocycles. The molecule has 21 heavy (non-hydrogen) atoms. The van der Waals surface area contributed by atoms with Crippen LogP contribution in [0.3, 0.4) is 0 Å². The van der Waals surface area contributed by atoms with Gasteiger partial charge in [0.1, 0.15) is 19.2 Å². The smallest absolute Gasteiger partial charge is 0.208 e. The molecular weight excluding hydrogens is 343 g/mol. The second-order valence-electron chi connectivity index (χ2n) is 4.61. The van der Waals surface area contributed by atoms with E-state index in [0.29, 0.717) is 5.56 Å². The summed E-state index contributed by atoms with van der Waals surface area (Å²) in [6.07, 6.45) is 0. The fourth-order valence-corrected chi connectivity index (χ4v) is 2.93. The van der Waals surface area contributed by atoms with Crippen LogP contribution in [0.25, 0.3) is 21.9 Å². The molecule has 1 aromatic heterocycles. The number of rotatable bonds is 0. The van der Waals surface area contributed by atoms with E-state index in [0.717, 1.165) is 0 Å². The molecule has 0 fully saturated rings. The van der Waals surface area contributed by atoms with Crippen molar-refractivity contribution in [2.75, 3.05) is 0 Å². The van der Waals surface area contributed by atoms with Gasteiger partial charge in [0.05, 0.1) is 9.86 Å². The van der Waals surface area contributed by atoms with Crippen LogP contribution in [0.5, 0.6) is 28.7 Å². The predicted octanol–water partition coefficient (Wildman–Crippen LogP) is 1.98. The quantitative estimate of drug-likeness (QED) is 0.240. The van der Waals surface area contributed by atoms with E-state index in [2.05, 4.69) is 15.9 Å². The second-order valence-corrected chi connectivity index (χ2v) is 5.40. The summed E-state index contributed by atoms with van der Waals surface area (Å²) in [5.41, 5.74) is 0.304. The van der Waals surface area contributed by atoms with Gasteiger partial charge in [-0.2, -0.15) is 0 Å². The Morgan fingerprint density at radius 2 is 1.38 bits per heavy atom. The second kappa shape index (κ2) is 4.14. The van der Waals surface area contributed by atoms with Gasteiger partial charge < -0.3 is 29.9 Å². The number of benzene rings is 2. The minimum Gasteiger partial charge on any atom is -0.506 e. The molecule has 3 aromatic rings. The van der Waals surface area contributed by atoms with E-state index < -0.39 is 23.0 Å². The largest absolute Gasteiger partial charge is 0.506 e. The highest BCUT2D eigenvalue weighted by molar-refractivity contribution is 9.10. The van der Waals surface area contributed by atoms with Crippen molar-refractivity contribution in [1.82, 2.24) is 0 Å². The molecule has 0 amide bonds. The van der Waals surface area contributed by atoms with E-state index in [4.69, 9.17) is 12.3 Å². The van der Waals surface area contributed by atoms with Crippen LogP contribution in [0, 0.1) is 6.92 Å². The Hall–Kier alpha value is -2.22. The van der Waals surface area contributed by atoms with Crippen molar-refractivity contribution in [2.45, 2.75) is 6.92 Å². The summed E-state index contributed by atoms with van der Waals surface area (Å²) in [7, 11) is 5.87. The molecule has 1 heterocycles. The normalized spacial score (nSPS) is 11.5. The maximum Gasteiger partial charge on any atom is 0.208 e. The number of hydrogen-bond donors (Lipinski definition) is 5. The van der Waals surface area contributed by atoms with Gasteiger partial charge in [-0.25, -0.2) is 0 Å². The Labute approximate surface area is 127 Å². The van der Waals surface area contributed by atoms with E-state index in [1.807, 2.05) is 0 Å². The first kappa shape index (κ1) is 13.8. The lowest BCUT2D eigenvalue weighted by Crippen LogP contribution is -2.08. The summed E-state index contributed by atoms with van der Waals surface area (Å²) in [5, 5.41) is 49.2. The Balaban J connectivity index is 2.73. The summed E-state index contributed by atoms with van der Waals surface area (Å²) in [5.74, 6) is -3.39. The lowest BCUT2D eigenvalue weighted by atomic mass is 9.88. The summed E-state index contributed by atoms with van der Waals surface area (Å²) in [6, 6.07) is 0. The van der Waals surface area contributed by atoms with Gasteiger partial charge >= 0.3 is 0 Å². The van der Waals surface area contributed by atoms with Crippen molar-refractivity contribution < 1.29 is 29.9 Å². The number of halogens is 1. The third-order valence-electron chi connectivity index (χ3n) is 3.46. The third kappa shape index (κ3) is 1.53. The van der Waals surface area contributed by atoms with Crippen LogP contribution in [-0.2, 0) is 0 Å². The van der Waals surface area contributed by atoms with Crippen molar-refractivity contribution in [3.63, 3.8) is 0 Å². The van der Waals surface area contributed by atoms with Gasteiger partial charge in [-0.05, 0) is 33.9 Å². The molecule has 2 radical (unpaired) electrons. The Kier molecular flexibility index (Phi) is 2.71. The molecule has 3 rings (SSSR count). The number of aromatic hydroxyl groups is 5. The van der Waals surface area contributed by atoms with Crippen molar-refractivity contribution in [3.05, 3.63) is 10.0 Å². The van der Waals surface area contributed by atoms with Crippen LogP contribution >= 0.6 is 15.9 Å². The number of fused-ring (bicyclic) bond motifs is 3. The highest BCUT2D eigenvalue weighted by Crippen LogP contribution is 2.53. The SMILES string of the molecule is [B]c1c(C)c(O)c(Br)c2c1oc1c(O)c(O)c(O)c(O)c12. The first-order valence-electron chi connectivity index (χ1n) is 5.75. The summed E-state index contributed by atoms with van der Waals surface area (Å²) >= 11 is 3.17. The molecule has 0 aliphatic heterocycles. The average Bonchev–Trinajstić information content (AvgIpc) is 2.87. The summed E-state index contributed by atoms with van der Waals surface area (Å²) in [6.45, 7) is 1.57. The maximum atomic E-state index is 10.0. The minimum absolute atomic E-state index is 0.0772. The lowest BCUT2D eigenvalue weighted by Gasteiger charge is -2.08. The molecule has 0 saturated carbocycles. The van der Waals surface area contributed by atoms with E-state index in [9.17, 15) is 25.5 Å². The van der Waals surface area contributed by atoms with Crippen molar-refractivity contribution in [2.24, 2.45) is 0 Å². The first-order chi connectivity index (χ1) is 9.77.